The van der Waals surface area contributed by atoms with Crippen molar-refractivity contribution in [2.24, 2.45) is 0 Å². The van der Waals surface area contributed by atoms with Crippen molar-refractivity contribution in [1.82, 2.24) is 0 Å². The van der Waals surface area contributed by atoms with Crippen LogP contribution in [-0.2, 0) is 65.4 Å². The average Bonchev–Trinajstić information content (AvgIpc) is 0.935. The first kappa shape index (κ1) is 102. The van der Waals surface area contributed by atoms with Crippen LogP contribution in [0.5, 0.6) is 0 Å². The molecule has 0 saturated heterocycles. The Hall–Kier alpha value is -2.46. The minimum Gasteiger partial charge on any atom is -0.462 e. The van der Waals surface area contributed by atoms with E-state index in [9.17, 15) is 43.2 Å². The second-order valence-electron chi connectivity index (χ2n) is 29.9. The summed E-state index contributed by atoms with van der Waals surface area (Å²) in [4.78, 5) is 73.1. The first-order valence-corrected chi connectivity index (χ1v) is 46.6. The Morgan fingerprint density at radius 1 is 0.269 bits per heavy atom. The van der Waals surface area contributed by atoms with Crippen LogP contribution in [-0.4, -0.2) is 96.7 Å². The second-order valence-corrected chi connectivity index (χ2v) is 32.8. The number of hydrogen-bond donors (Lipinski definition) is 3. The largest absolute Gasteiger partial charge is 0.472 e. The molecular weight excluding hydrogens is 1350 g/mol. The molecule has 17 nitrogen and oxygen atoms in total. The van der Waals surface area contributed by atoms with Gasteiger partial charge in [0, 0.05) is 25.7 Å². The fourth-order valence-electron chi connectivity index (χ4n) is 12.8. The molecule has 614 valence electrons. The zero-order valence-corrected chi connectivity index (χ0v) is 69.3. The third-order valence-electron chi connectivity index (χ3n) is 19.5. The molecule has 2 unspecified atom stereocenters. The summed E-state index contributed by atoms with van der Waals surface area (Å²) in [5.41, 5.74) is 0. The van der Waals surface area contributed by atoms with Crippen molar-refractivity contribution in [3.8, 4) is 0 Å². The quantitative estimate of drug-likeness (QED) is 0.0169. The Balaban J connectivity index is 5.25. The van der Waals surface area contributed by atoms with Gasteiger partial charge in [-0.2, -0.15) is 0 Å². The Morgan fingerprint density at radius 2 is 0.462 bits per heavy atom. The summed E-state index contributed by atoms with van der Waals surface area (Å²) in [6, 6.07) is 0. The van der Waals surface area contributed by atoms with E-state index < -0.39 is 97.5 Å². The third-order valence-corrected chi connectivity index (χ3v) is 21.4. The highest BCUT2D eigenvalue weighted by atomic mass is 31.2. The summed E-state index contributed by atoms with van der Waals surface area (Å²) in [5.74, 6) is -2.13. The van der Waals surface area contributed by atoms with Crippen LogP contribution in [0.3, 0.4) is 0 Å². The molecule has 0 heterocycles. The van der Waals surface area contributed by atoms with Crippen LogP contribution in [0.15, 0.2) is 24.3 Å². The molecule has 0 spiro atoms. The average molecular weight is 1520 g/mol. The first-order valence-electron chi connectivity index (χ1n) is 43.6. The number of rotatable bonds is 84. The van der Waals surface area contributed by atoms with Crippen molar-refractivity contribution in [2.75, 3.05) is 39.6 Å². The Bertz CT molecular complexity index is 2060. The molecule has 104 heavy (non-hydrogen) atoms. The van der Waals surface area contributed by atoms with Crippen molar-refractivity contribution in [3.63, 3.8) is 0 Å². The van der Waals surface area contributed by atoms with Gasteiger partial charge in [0.25, 0.3) is 0 Å². The van der Waals surface area contributed by atoms with Gasteiger partial charge in [-0.15, -0.1) is 0 Å². The van der Waals surface area contributed by atoms with Crippen LogP contribution in [0.2, 0.25) is 0 Å². The number of allylic oxidation sites excluding steroid dienone is 4. The van der Waals surface area contributed by atoms with Crippen molar-refractivity contribution in [3.05, 3.63) is 24.3 Å². The molecular formula is C85H162O17P2. The minimum absolute atomic E-state index is 0.0860. The van der Waals surface area contributed by atoms with Crippen LogP contribution >= 0.6 is 15.6 Å². The van der Waals surface area contributed by atoms with Gasteiger partial charge in [-0.1, -0.05) is 386 Å². The highest BCUT2D eigenvalue weighted by Crippen LogP contribution is 2.45. The highest BCUT2D eigenvalue weighted by Gasteiger charge is 2.30. The van der Waals surface area contributed by atoms with Crippen molar-refractivity contribution < 1.29 is 80.2 Å². The number of carbonyl (C=O) groups excluding carboxylic acids is 4. The smallest absolute Gasteiger partial charge is 0.462 e. The van der Waals surface area contributed by atoms with E-state index in [2.05, 4.69) is 52.0 Å². The van der Waals surface area contributed by atoms with Crippen LogP contribution in [0.4, 0.5) is 0 Å². The molecule has 5 atom stereocenters. The van der Waals surface area contributed by atoms with E-state index in [1.165, 1.54) is 257 Å². The molecule has 0 amide bonds. The number of carbonyl (C=O) groups is 4. The number of phosphoric ester groups is 2. The standard InChI is InChI=1S/C85H162O17P2/c1-5-9-13-17-21-25-29-32-35-37-38-39-40-41-42-45-48-52-56-60-64-68-72-85(90)102-81(76-96-83(88)70-66-62-58-54-50-46-44-36-33-30-26-22-18-14-10-6-2)78-100-104(93,94)98-74-79(86)73-97-103(91,92)99-77-80(75-95-82(87)69-65-61-57-53-49-28-24-20-16-12-8-4)101-84(89)71-67-63-59-55-51-47-43-34-31-27-23-19-15-11-7-3/h27,31,34,43,79-81,86H,5-26,28-30,32-33,35-42,44-78H2,1-4H3,(H,91,92)(H,93,94)/b31-27-,43-34-/t79-,80+,81+/m0/s1. The van der Waals surface area contributed by atoms with Crippen LogP contribution in [0, 0.1) is 0 Å². The second kappa shape index (κ2) is 78.7. The summed E-state index contributed by atoms with van der Waals surface area (Å²) < 4.78 is 68.8. The number of ether oxygens (including phenoxy) is 4. The van der Waals surface area contributed by atoms with Gasteiger partial charge in [-0.25, -0.2) is 9.13 Å². The molecule has 0 aliphatic rings. The van der Waals surface area contributed by atoms with E-state index in [1.807, 2.05) is 0 Å². The van der Waals surface area contributed by atoms with Crippen molar-refractivity contribution in [2.45, 2.75) is 457 Å². The van der Waals surface area contributed by atoms with Crippen LogP contribution in [0.1, 0.15) is 439 Å². The Labute approximate surface area is 637 Å². The van der Waals surface area contributed by atoms with E-state index in [0.29, 0.717) is 25.7 Å². The van der Waals surface area contributed by atoms with Gasteiger partial charge in [-0.05, 0) is 51.4 Å². The van der Waals surface area contributed by atoms with E-state index >= 15 is 0 Å². The number of esters is 4. The summed E-state index contributed by atoms with van der Waals surface area (Å²) >= 11 is 0. The molecule has 0 saturated carbocycles. The molecule has 0 fully saturated rings. The van der Waals surface area contributed by atoms with Crippen LogP contribution in [0.25, 0.3) is 0 Å². The fraction of sp³-hybridized carbons (Fsp3) is 0.906. The summed E-state index contributed by atoms with van der Waals surface area (Å²) in [7, 11) is -9.94. The molecule has 0 aromatic rings. The molecule has 19 heteroatoms. The predicted octanol–water partition coefficient (Wildman–Crippen LogP) is 25.7. The number of unbranched alkanes of at least 4 members (excludes halogenated alkanes) is 55. The van der Waals surface area contributed by atoms with Gasteiger partial charge >= 0.3 is 39.5 Å². The first-order chi connectivity index (χ1) is 50.7. The summed E-state index contributed by atoms with van der Waals surface area (Å²) in [6.45, 7) is 4.98. The summed E-state index contributed by atoms with van der Waals surface area (Å²) in [6.07, 6.45) is 75.8. The monoisotopic (exact) mass is 1520 g/mol. The van der Waals surface area contributed by atoms with Crippen molar-refractivity contribution in [1.29, 1.82) is 0 Å². The van der Waals surface area contributed by atoms with E-state index in [4.69, 9.17) is 37.0 Å². The molecule has 3 N–H and O–H groups in total. The van der Waals surface area contributed by atoms with Gasteiger partial charge < -0.3 is 33.8 Å². The lowest BCUT2D eigenvalue weighted by Gasteiger charge is -2.21. The Morgan fingerprint density at radius 3 is 0.702 bits per heavy atom. The van der Waals surface area contributed by atoms with Gasteiger partial charge in [0.1, 0.15) is 19.3 Å². The normalized spacial score (nSPS) is 13.9. The van der Waals surface area contributed by atoms with E-state index in [1.54, 1.807) is 0 Å². The van der Waals surface area contributed by atoms with Gasteiger partial charge in [0.15, 0.2) is 12.2 Å². The zero-order chi connectivity index (χ0) is 76.0. The molecule has 0 rings (SSSR count). The molecule has 0 aliphatic heterocycles. The topological polar surface area (TPSA) is 237 Å². The number of aliphatic hydroxyl groups is 1. The fourth-order valence-corrected chi connectivity index (χ4v) is 14.4. The molecule has 0 aliphatic carbocycles. The van der Waals surface area contributed by atoms with Gasteiger partial charge in [-0.3, -0.25) is 37.3 Å². The minimum atomic E-state index is -4.97. The third kappa shape index (κ3) is 77.7. The van der Waals surface area contributed by atoms with Gasteiger partial charge in [0.05, 0.1) is 26.4 Å². The lowest BCUT2D eigenvalue weighted by Crippen LogP contribution is -2.30. The van der Waals surface area contributed by atoms with E-state index in [-0.39, 0.29) is 25.7 Å². The number of phosphoric acid groups is 2. The van der Waals surface area contributed by atoms with Crippen molar-refractivity contribution >= 4 is 39.5 Å². The SMILES string of the molecule is CCCCCC/C=C\C=C/CCCCCCCC(=O)O[C@H](COC(=O)CCCCCCCCCCCCC)COP(=O)(O)OC[C@H](O)COP(=O)(O)OC[C@@H](COC(=O)CCCCCCCCCCCCCCCCCC)OC(=O)CCCCCCCCCCCCCCCCCCCCCCCC. The number of hydrogen-bond acceptors (Lipinski definition) is 15. The lowest BCUT2D eigenvalue weighted by molar-refractivity contribution is -0.161. The maximum atomic E-state index is 13.1. The van der Waals surface area contributed by atoms with E-state index in [0.717, 1.165) is 103 Å². The molecule has 0 radical (unpaired) electrons. The number of aliphatic hydroxyl groups excluding tert-OH is 1. The maximum absolute atomic E-state index is 13.1. The zero-order valence-electron chi connectivity index (χ0n) is 67.5. The predicted molar refractivity (Wildman–Crippen MR) is 428 cm³/mol. The maximum Gasteiger partial charge on any atom is 0.472 e. The highest BCUT2D eigenvalue weighted by molar-refractivity contribution is 7.47. The molecule has 0 aromatic carbocycles. The van der Waals surface area contributed by atoms with Gasteiger partial charge in [0.2, 0.25) is 0 Å². The Kier molecular flexibility index (Phi) is 76.8. The summed E-state index contributed by atoms with van der Waals surface area (Å²) in [5, 5.41) is 10.7. The molecule has 0 aromatic heterocycles. The lowest BCUT2D eigenvalue weighted by atomic mass is 10.0. The van der Waals surface area contributed by atoms with Crippen LogP contribution < -0.4 is 0 Å². The molecule has 0 bridgehead atoms.